The molecular weight excluding hydrogens is 470 g/mol. The van der Waals surface area contributed by atoms with E-state index in [9.17, 15) is 9.59 Å². The van der Waals surface area contributed by atoms with E-state index in [4.69, 9.17) is 28.2 Å². The van der Waals surface area contributed by atoms with Crippen LogP contribution in [0.1, 0.15) is 16.1 Å². The molecule has 0 bridgehead atoms. The van der Waals surface area contributed by atoms with Crippen molar-refractivity contribution in [3.63, 3.8) is 0 Å². The number of hydrogen-bond donors (Lipinski definition) is 3. The van der Waals surface area contributed by atoms with Gasteiger partial charge in [0.05, 0.1) is 6.42 Å². The first-order valence-corrected chi connectivity index (χ1v) is 11.2. The molecule has 0 fully saturated rings. The number of rotatable bonds is 6. The van der Waals surface area contributed by atoms with Gasteiger partial charge in [0, 0.05) is 22.0 Å². The van der Waals surface area contributed by atoms with Crippen LogP contribution in [0.3, 0.4) is 0 Å². The van der Waals surface area contributed by atoms with E-state index in [1.54, 1.807) is 54.6 Å². The summed E-state index contributed by atoms with van der Waals surface area (Å²) in [6.07, 6.45) is 0.294. The number of carbonyl (C=O) groups is 2. The zero-order chi connectivity index (χ0) is 23.9. The molecule has 0 aliphatic carbocycles. The van der Waals surface area contributed by atoms with Crippen molar-refractivity contribution in [1.82, 2.24) is 5.32 Å². The predicted octanol–water partition coefficient (Wildman–Crippen LogP) is 5.91. The van der Waals surface area contributed by atoms with Crippen molar-refractivity contribution < 1.29 is 14.0 Å². The Morgan fingerprint density at radius 3 is 2.24 bits per heavy atom. The Hall–Kier alpha value is -3.94. The molecule has 4 aromatic rings. The van der Waals surface area contributed by atoms with E-state index < -0.39 is 5.91 Å². The van der Waals surface area contributed by atoms with E-state index in [1.807, 2.05) is 36.4 Å². The predicted molar refractivity (Wildman–Crippen MR) is 138 cm³/mol. The summed E-state index contributed by atoms with van der Waals surface area (Å²) in [6.45, 7) is 0. The first-order valence-electron chi connectivity index (χ1n) is 10.4. The molecule has 0 atom stereocenters. The van der Waals surface area contributed by atoms with Crippen LogP contribution in [0.5, 0.6) is 0 Å². The summed E-state index contributed by atoms with van der Waals surface area (Å²) in [7, 11) is 0. The fraction of sp³-hybridized carbons (Fsp3) is 0.0385. The lowest BCUT2D eigenvalue weighted by atomic mass is 10.1. The maximum atomic E-state index is 12.5. The number of furan rings is 1. The number of thiocarbonyl (C=S) groups is 1. The van der Waals surface area contributed by atoms with Crippen LogP contribution in [0.2, 0.25) is 5.02 Å². The van der Waals surface area contributed by atoms with Gasteiger partial charge >= 0.3 is 0 Å². The van der Waals surface area contributed by atoms with Gasteiger partial charge in [0.2, 0.25) is 5.91 Å². The largest absolute Gasteiger partial charge is 0.451 e. The van der Waals surface area contributed by atoms with Crippen LogP contribution in [-0.2, 0) is 11.2 Å². The highest BCUT2D eigenvalue weighted by Crippen LogP contribution is 2.24. The molecule has 0 saturated heterocycles. The van der Waals surface area contributed by atoms with Crippen molar-refractivity contribution in [1.29, 1.82) is 0 Å². The quantitative estimate of drug-likeness (QED) is 0.293. The van der Waals surface area contributed by atoms with Gasteiger partial charge in [-0.1, -0.05) is 54.1 Å². The van der Waals surface area contributed by atoms with E-state index in [0.717, 1.165) is 11.1 Å². The number of anilines is 2. The molecule has 0 spiro atoms. The summed E-state index contributed by atoms with van der Waals surface area (Å²) in [5, 5.41) is 9.07. The molecule has 2 amide bonds. The van der Waals surface area contributed by atoms with E-state index in [1.165, 1.54) is 0 Å². The Kier molecular flexibility index (Phi) is 7.37. The van der Waals surface area contributed by atoms with Crippen LogP contribution in [0, 0.1) is 0 Å². The standard InChI is InChI=1S/C26H20ClN3O3S/c27-19-8-4-7-18(16-19)22-13-14-23(33-22)25(32)30-26(34)29-21-11-9-20(10-12-21)28-24(31)15-17-5-2-1-3-6-17/h1-14,16H,15H2,(H,28,31)(H2,29,30,32,34). The van der Waals surface area contributed by atoms with Gasteiger partial charge < -0.3 is 15.1 Å². The molecular formula is C26H20ClN3O3S. The van der Waals surface area contributed by atoms with Gasteiger partial charge in [0.25, 0.3) is 5.91 Å². The van der Waals surface area contributed by atoms with Crippen LogP contribution in [-0.4, -0.2) is 16.9 Å². The van der Waals surface area contributed by atoms with Gasteiger partial charge in [-0.2, -0.15) is 0 Å². The van der Waals surface area contributed by atoms with E-state index >= 15 is 0 Å². The van der Waals surface area contributed by atoms with Crippen molar-refractivity contribution in [2.45, 2.75) is 6.42 Å². The summed E-state index contributed by atoms with van der Waals surface area (Å²) in [5.41, 5.74) is 3.02. The van der Waals surface area contributed by atoms with Crippen LogP contribution in [0.15, 0.2) is 95.4 Å². The maximum Gasteiger partial charge on any atom is 0.293 e. The minimum Gasteiger partial charge on any atom is -0.451 e. The lowest BCUT2D eigenvalue weighted by Crippen LogP contribution is -2.33. The highest BCUT2D eigenvalue weighted by Gasteiger charge is 2.14. The van der Waals surface area contributed by atoms with Gasteiger partial charge in [-0.3, -0.25) is 14.9 Å². The third-order valence-corrected chi connectivity index (χ3v) is 5.24. The molecule has 6 nitrogen and oxygen atoms in total. The van der Waals surface area contributed by atoms with Crippen molar-refractivity contribution in [3.8, 4) is 11.3 Å². The third kappa shape index (κ3) is 6.31. The lowest BCUT2D eigenvalue weighted by Gasteiger charge is -2.10. The Bertz CT molecular complexity index is 1320. The molecule has 0 aliphatic heterocycles. The van der Waals surface area contributed by atoms with Gasteiger partial charge in [-0.25, -0.2) is 0 Å². The number of nitrogens with one attached hydrogen (secondary N) is 3. The molecule has 4 rings (SSSR count). The highest BCUT2D eigenvalue weighted by atomic mass is 35.5. The molecule has 8 heteroatoms. The molecule has 0 saturated carbocycles. The topological polar surface area (TPSA) is 83.4 Å². The fourth-order valence-electron chi connectivity index (χ4n) is 3.21. The maximum absolute atomic E-state index is 12.5. The van der Waals surface area contributed by atoms with Gasteiger partial charge in [0.1, 0.15) is 5.76 Å². The molecule has 3 N–H and O–H groups in total. The number of benzene rings is 3. The average Bonchev–Trinajstić information content (AvgIpc) is 3.32. The summed E-state index contributed by atoms with van der Waals surface area (Å²) in [5.74, 6) is 0.0629. The Morgan fingerprint density at radius 2 is 1.53 bits per heavy atom. The first-order chi connectivity index (χ1) is 16.5. The first kappa shape index (κ1) is 23.2. The number of hydrogen-bond acceptors (Lipinski definition) is 4. The number of amides is 2. The van der Waals surface area contributed by atoms with Gasteiger partial charge in [-0.05, 0) is 66.3 Å². The molecule has 0 aliphatic rings. The minimum atomic E-state index is -0.476. The van der Waals surface area contributed by atoms with Gasteiger partial charge in [-0.15, -0.1) is 0 Å². The van der Waals surface area contributed by atoms with E-state index in [0.29, 0.717) is 28.6 Å². The summed E-state index contributed by atoms with van der Waals surface area (Å²) in [4.78, 5) is 24.7. The fourth-order valence-corrected chi connectivity index (χ4v) is 3.61. The third-order valence-electron chi connectivity index (χ3n) is 4.80. The van der Waals surface area contributed by atoms with Crippen molar-refractivity contribution >= 4 is 52.1 Å². The summed E-state index contributed by atoms with van der Waals surface area (Å²) >= 11 is 11.2. The molecule has 170 valence electrons. The molecule has 0 unspecified atom stereocenters. The van der Waals surface area contributed by atoms with E-state index in [-0.39, 0.29) is 16.8 Å². The lowest BCUT2D eigenvalue weighted by molar-refractivity contribution is -0.115. The SMILES string of the molecule is O=C(Cc1ccccc1)Nc1ccc(NC(=S)NC(=O)c2ccc(-c3cccc(Cl)c3)o2)cc1. The highest BCUT2D eigenvalue weighted by molar-refractivity contribution is 7.80. The van der Waals surface area contributed by atoms with Crippen LogP contribution >= 0.6 is 23.8 Å². The Morgan fingerprint density at radius 1 is 0.824 bits per heavy atom. The van der Waals surface area contributed by atoms with Crippen molar-refractivity contribution in [2.24, 2.45) is 0 Å². The smallest absolute Gasteiger partial charge is 0.293 e. The second-order valence-electron chi connectivity index (χ2n) is 7.37. The Balaban J connectivity index is 1.29. The Labute approximate surface area is 206 Å². The molecule has 3 aromatic carbocycles. The second-order valence-corrected chi connectivity index (χ2v) is 8.22. The molecule has 1 aromatic heterocycles. The van der Waals surface area contributed by atoms with E-state index in [2.05, 4.69) is 16.0 Å². The number of halogens is 1. The zero-order valence-corrected chi connectivity index (χ0v) is 19.5. The normalized spacial score (nSPS) is 10.4. The number of carbonyl (C=O) groups excluding carboxylic acids is 2. The monoisotopic (exact) mass is 489 g/mol. The second kappa shape index (κ2) is 10.8. The molecule has 0 radical (unpaired) electrons. The summed E-state index contributed by atoms with van der Waals surface area (Å²) < 4.78 is 5.63. The molecule has 1 heterocycles. The summed E-state index contributed by atoms with van der Waals surface area (Å²) in [6, 6.07) is 26.9. The van der Waals surface area contributed by atoms with Crippen molar-refractivity contribution in [2.75, 3.05) is 10.6 Å². The van der Waals surface area contributed by atoms with Crippen LogP contribution in [0.25, 0.3) is 11.3 Å². The average molecular weight is 490 g/mol. The molecule has 34 heavy (non-hydrogen) atoms. The van der Waals surface area contributed by atoms with Gasteiger partial charge in [0.15, 0.2) is 10.9 Å². The van der Waals surface area contributed by atoms with Crippen LogP contribution in [0.4, 0.5) is 11.4 Å². The minimum absolute atomic E-state index is 0.106. The zero-order valence-electron chi connectivity index (χ0n) is 17.9. The van der Waals surface area contributed by atoms with Crippen LogP contribution < -0.4 is 16.0 Å². The van der Waals surface area contributed by atoms with Crippen molar-refractivity contribution in [3.05, 3.63) is 107 Å².